The first-order chi connectivity index (χ1) is 27.0. The minimum atomic E-state index is -4.60. The zero-order valence-corrected chi connectivity index (χ0v) is 35.8. The molecule has 1 heterocycles. The summed E-state index contributed by atoms with van der Waals surface area (Å²) in [5.74, 6) is -1.97. The van der Waals surface area contributed by atoms with Gasteiger partial charge in [-0.3, -0.25) is 14.1 Å². The first kappa shape index (κ1) is 52.4. The van der Waals surface area contributed by atoms with Crippen LogP contribution in [0.1, 0.15) is 194 Å². The number of carbonyl (C=O) groups is 2. The van der Waals surface area contributed by atoms with E-state index >= 15 is 0 Å². The van der Waals surface area contributed by atoms with Crippen molar-refractivity contribution in [3.63, 3.8) is 0 Å². The summed E-state index contributed by atoms with van der Waals surface area (Å²) in [5.41, 5.74) is 0. The Morgan fingerprint density at radius 2 is 1.04 bits per heavy atom. The molecule has 0 radical (unpaired) electrons. The lowest BCUT2D eigenvalue weighted by Crippen LogP contribution is -2.60. The summed E-state index contributed by atoms with van der Waals surface area (Å²) in [6.45, 7) is 3.73. The van der Waals surface area contributed by atoms with Crippen LogP contribution in [0, 0.1) is 0 Å². The molecule has 0 amide bonds. The van der Waals surface area contributed by atoms with Crippen LogP contribution in [0.2, 0.25) is 0 Å². The molecular formula is C43H80O12S. The number of rotatable bonds is 37. The number of allylic oxidation sites excluding steroid dienone is 2. The van der Waals surface area contributed by atoms with Crippen molar-refractivity contribution in [2.24, 2.45) is 0 Å². The van der Waals surface area contributed by atoms with E-state index in [1.165, 1.54) is 109 Å². The summed E-state index contributed by atoms with van der Waals surface area (Å²) in [4.78, 5) is 25.4. The highest BCUT2D eigenvalue weighted by Crippen LogP contribution is 2.24. The van der Waals surface area contributed by atoms with Gasteiger partial charge in [0, 0.05) is 12.8 Å². The molecule has 0 aromatic carbocycles. The highest BCUT2D eigenvalue weighted by atomic mass is 32.2. The lowest BCUT2D eigenvalue weighted by Gasteiger charge is -2.40. The Bertz CT molecular complexity index is 1100. The summed E-state index contributed by atoms with van der Waals surface area (Å²) in [6.07, 6.45) is 25.4. The molecule has 1 rings (SSSR count). The highest BCUT2D eigenvalue weighted by molar-refractivity contribution is 7.85. The molecule has 1 aliphatic rings. The third kappa shape index (κ3) is 28.7. The van der Waals surface area contributed by atoms with Gasteiger partial charge < -0.3 is 34.3 Å². The lowest BCUT2D eigenvalue weighted by molar-refractivity contribution is -0.297. The zero-order valence-electron chi connectivity index (χ0n) is 35.0. The van der Waals surface area contributed by atoms with E-state index in [4.69, 9.17) is 18.9 Å². The Morgan fingerprint density at radius 1 is 0.589 bits per heavy atom. The van der Waals surface area contributed by atoms with E-state index in [2.05, 4.69) is 26.0 Å². The van der Waals surface area contributed by atoms with E-state index in [-0.39, 0.29) is 19.4 Å². The smallest absolute Gasteiger partial charge is 0.306 e. The van der Waals surface area contributed by atoms with Gasteiger partial charge in [-0.05, 0) is 32.1 Å². The van der Waals surface area contributed by atoms with Gasteiger partial charge in [0.1, 0.15) is 36.8 Å². The van der Waals surface area contributed by atoms with Crippen LogP contribution in [-0.4, -0.2) is 96.0 Å². The number of aliphatic hydroxyl groups excluding tert-OH is 3. The molecule has 0 aromatic heterocycles. The minimum absolute atomic E-state index is 0.166. The summed E-state index contributed by atoms with van der Waals surface area (Å²) in [7, 11) is -4.60. The van der Waals surface area contributed by atoms with Crippen LogP contribution >= 0.6 is 0 Å². The standard InChI is InChI=1S/C43H80O12S/c1-3-5-7-9-11-13-15-17-18-20-22-24-26-28-30-32-39(45)54-36(34-53-43-42(48)41(47)40(46)37(55-43)35-56(49,50)51)33-52-38(44)31-29-27-25-23-21-19-16-14-12-10-8-6-4-2/h9,11,36-37,40-43,46-48H,3-8,10,12-35H2,1-2H3,(H,49,50,51)/b11-9+/t36-,37-,40-,41?,42?,43+/m1/s1. The predicted molar refractivity (Wildman–Crippen MR) is 220 cm³/mol. The Labute approximate surface area is 339 Å². The Balaban J connectivity index is 2.45. The van der Waals surface area contributed by atoms with E-state index < -0.39 is 71.2 Å². The average molecular weight is 821 g/mol. The molecular weight excluding hydrogens is 741 g/mol. The van der Waals surface area contributed by atoms with Gasteiger partial charge in [0.05, 0.1) is 6.61 Å². The number of hydrogen-bond donors (Lipinski definition) is 4. The number of ether oxygens (including phenoxy) is 4. The third-order valence-corrected chi connectivity index (χ3v) is 11.1. The molecule has 330 valence electrons. The first-order valence-electron chi connectivity index (χ1n) is 22.2. The van der Waals surface area contributed by atoms with Crippen LogP contribution < -0.4 is 0 Å². The molecule has 1 fully saturated rings. The Kier molecular flexibility index (Phi) is 32.1. The third-order valence-electron chi connectivity index (χ3n) is 10.3. The Hall–Kier alpha value is -1.61. The largest absolute Gasteiger partial charge is 0.462 e. The molecule has 1 aliphatic heterocycles. The molecule has 1 saturated heterocycles. The SMILES string of the molecule is CCCC/C=C/CCCCCCCCCCCC(=O)O[C@H](COC(=O)CCCCCCCCCCCCCCC)CO[C@H]1O[C@H](CS(=O)(=O)O)[C@@H](O)C(O)C1O. The Morgan fingerprint density at radius 3 is 1.54 bits per heavy atom. The fourth-order valence-corrected chi connectivity index (χ4v) is 7.53. The van der Waals surface area contributed by atoms with Gasteiger partial charge in [0.2, 0.25) is 0 Å². The van der Waals surface area contributed by atoms with Crippen molar-refractivity contribution >= 4 is 22.1 Å². The fraction of sp³-hybridized carbons (Fsp3) is 0.907. The number of unbranched alkanes of at least 4 members (excludes halogenated alkanes) is 23. The van der Waals surface area contributed by atoms with E-state index in [9.17, 15) is 37.9 Å². The van der Waals surface area contributed by atoms with Crippen molar-refractivity contribution in [1.29, 1.82) is 0 Å². The van der Waals surface area contributed by atoms with E-state index in [0.29, 0.717) is 12.8 Å². The maximum atomic E-state index is 12.8. The van der Waals surface area contributed by atoms with Crippen molar-refractivity contribution in [1.82, 2.24) is 0 Å². The van der Waals surface area contributed by atoms with Crippen molar-refractivity contribution in [2.75, 3.05) is 19.0 Å². The van der Waals surface area contributed by atoms with Crippen LogP contribution in [-0.2, 0) is 38.7 Å². The molecule has 56 heavy (non-hydrogen) atoms. The molecule has 0 bridgehead atoms. The van der Waals surface area contributed by atoms with E-state index in [0.717, 1.165) is 44.9 Å². The predicted octanol–water partition coefficient (Wildman–Crippen LogP) is 8.67. The van der Waals surface area contributed by atoms with Gasteiger partial charge in [-0.2, -0.15) is 8.42 Å². The highest BCUT2D eigenvalue weighted by Gasteiger charge is 2.46. The van der Waals surface area contributed by atoms with Crippen LogP contribution in [0.5, 0.6) is 0 Å². The van der Waals surface area contributed by atoms with Crippen molar-refractivity contribution < 1.29 is 56.8 Å². The average Bonchev–Trinajstić information content (AvgIpc) is 3.16. The molecule has 0 aromatic rings. The van der Waals surface area contributed by atoms with Crippen LogP contribution in [0.4, 0.5) is 0 Å². The number of esters is 2. The summed E-state index contributed by atoms with van der Waals surface area (Å²) < 4.78 is 54.0. The topological polar surface area (TPSA) is 186 Å². The normalized spacial score (nSPS) is 20.7. The van der Waals surface area contributed by atoms with Gasteiger partial charge in [0.15, 0.2) is 12.4 Å². The second kappa shape index (κ2) is 34.3. The van der Waals surface area contributed by atoms with E-state index in [1.807, 2.05) is 0 Å². The number of carbonyl (C=O) groups excluding carboxylic acids is 2. The van der Waals surface area contributed by atoms with Crippen molar-refractivity contribution in [2.45, 2.75) is 230 Å². The fourth-order valence-electron chi connectivity index (χ4n) is 6.83. The molecule has 2 unspecified atom stereocenters. The van der Waals surface area contributed by atoms with Crippen LogP contribution in [0.3, 0.4) is 0 Å². The maximum absolute atomic E-state index is 12.8. The van der Waals surface area contributed by atoms with Gasteiger partial charge in [-0.15, -0.1) is 0 Å². The van der Waals surface area contributed by atoms with Crippen molar-refractivity contribution in [3.05, 3.63) is 12.2 Å². The quantitative estimate of drug-likeness (QED) is 0.0203. The minimum Gasteiger partial charge on any atom is -0.462 e. The monoisotopic (exact) mass is 821 g/mol. The first-order valence-corrected chi connectivity index (χ1v) is 23.9. The molecule has 6 atom stereocenters. The molecule has 13 heteroatoms. The van der Waals surface area contributed by atoms with Crippen LogP contribution in [0.15, 0.2) is 12.2 Å². The lowest BCUT2D eigenvalue weighted by atomic mass is 10.00. The zero-order chi connectivity index (χ0) is 41.3. The summed E-state index contributed by atoms with van der Waals surface area (Å²) in [6, 6.07) is 0. The van der Waals surface area contributed by atoms with E-state index in [1.54, 1.807) is 0 Å². The molecule has 0 aliphatic carbocycles. The number of aliphatic hydroxyl groups is 3. The van der Waals surface area contributed by atoms with Crippen molar-refractivity contribution in [3.8, 4) is 0 Å². The van der Waals surface area contributed by atoms with Gasteiger partial charge in [-0.25, -0.2) is 0 Å². The second-order valence-corrected chi connectivity index (χ2v) is 17.2. The summed E-state index contributed by atoms with van der Waals surface area (Å²) in [5, 5.41) is 30.8. The molecule has 4 N–H and O–H groups in total. The maximum Gasteiger partial charge on any atom is 0.306 e. The molecule has 0 saturated carbocycles. The molecule has 0 spiro atoms. The molecule has 12 nitrogen and oxygen atoms in total. The second-order valence-electron chi connectivity index (χ2n) is 15.7. The van der Waals surface area contributed by atoms with Gasteiger partial charge in [-0.1, -0.05) is 161 Å². The summed E-state index contributed by atoms with van der Waals surface area (Å²) >= 11 is 0. The van der Waals surface area contributed by atoms with Gasteiger partial charge >= 0.3 is 11.9 Å². The van der Waals surface area contributed by atoms with Gasteiger partial charge in [0.25, 0.3) is 10.1 Å². The van der Waals surface area contributed by atoms with Crippen LogP contribution in [0.25, 0.3) is 0 Å². The number of hydrogen-bond acceptors (Lipinski definition) is 11.